The van der Waals surface area contributed by atoms with Gasteiger partial charge in [-0.3, -0.25) is 0 Å². The molecule has 0 amide bonds. The molecule has 0 radical (unpaired) electrons. The summed E-state index contributed by atoms with van der Waals surface area (Å²) in [7, 11) is 2.09. The number of nitrogens with zero attached hydrogens (tertiary/aromatic N) is 2. The highest BCUT2D eigenvalue weighted by molar-refractivity contribution is 6.07. The molecule has 0 aliphatic carbocycles. The van der Waals surface area contributed by atoms with Gasteiger partial charge in [0, 0.05) is 21.9 Å². The molecule has 0 bridgehead atoms. The summed E-state index contributed by atoms with van der Waals surface area (Å²) in [6.45, 7) is 13.3. The minimum atomic E-state index is 0.363. The van der Waals surface area contributed by atoms with Crippen LogP contribution in [-0.2, 0) is 7.05 Å². The first-order chi connectivity index (χ1) is 19.3. The molecule has 4 heteroatoms. The fourth-order valence-corrected chi connectivity index (χ4v) is 5.81. The van der Waals surface area contributed by atoms with Crippen molar-refractivity contribution < 1.29 is 13.7 Å². The van der Waals surface area contributed by atoms with Crippen molar-refractivity contribution in [2.75, 3.05) is 0 Å². The molecule has 0 aliphatic rings. The number of benzene rings is 4. The zero-order chi connectivity index (χ0) is 28.1. The molecule has 0 N–H and O–H groups in total. The predicted molar refractivity (Wildman–Crippen MR) is 164 cm³/mol. The summed E-state index contributed by atoms with van der Waals surface area (Å²) in [5.41, 5.74) is 8.92. The number of aromatic nitrogens is 2. The van der Waals surface area contributed by atoms with Gasteiger partial charge in [0.05, 0.1) is 12.6 Å². The van der Waals surface area contributed by atoms with Crippen LogP contribution in [-0.4, -0.2) is 4.57 Å². The van der Waals surface area contributed by atoms with Crippen LogP contribution in [0.2, 0.25) is 0 Å². The van der Waals surface area contributed by atoms with E-state index in [0.717, 1.165) is 45.0 Å². The molecular weight excluding hydrogens is 492 g/mol. The van der Waals surface area contributed by atoms with Crippen LogP contribution in [0.3, 0.4) is 0 Å². The molecule has 0 aliphatic heterocycles. The second-order valence-electron chi connectivity index (χ2n) is 11.4. The SMILES string of the molecule is Cc1ccccc1-c1n(-c2c(C(C)C)cccc2C(C)C)cc(Oc2c(C)ccc3c2oc2ccccc23)[n+]1C. The van der Waals surface area contributed by atoms with Crippen LogP contribution in [0.1, 0.15) is 61.8 Å². The maximum Gasteiger partial charge on any atom is 0.330 e. The van der Waals surface area contributed by atoms with Crippen molar-refractivity contribution in [3.63, 3.8) is 0 Å². The third-order valence-electron chi connectivity index (χ3n) is 7.99. The van der Waals surface area contributed by atoms with E-state index in [4.69, 9.17) is 9.15 Å². The van der Waals surface area contributed by atoms with Gasteiger partial charge < -0.3 is 9.15 Å². The largest absolute Gasteiger partial charge is 0.452 e. The average Bonchev–Trinajstić information content (AvgIpc) is 3.47. The number of para-hydroxylation sites is 2. The van der Waals surface area contributed by atoms with E-state index in [0.29, 0.717) is 11.8 Å². The van der Waals surface area contributed by atoms with Crippen molar-refractivity contribution in [1.82, 2.24) is 4.57 Å². The van der Waals surface area contributed by atoms with Crippen LogP contribution >= 0.6 is 0 Å². The second kappa shape index (κ2) is 10.0. The van der Waals surface area contributed by atoms with Gasteiger partial charge in [-0.25, -0.2) is 0 Å². The van der Waals surface area contributed by atoms with Gasteiger partial charge in [0.1, 0.15) is 11.3 Å². The Morgan fingerprint density at radius 2 is 1.40 bits per heavy atom. The first-order valence-corrected chi connectivity index (χ1v) is 14.2. The lowest BCUT2D eigenvalue weighted by molar-refractivity contribution is -0.663. The Bertz CT molecular complexity index is 1840. The summed E-state index contributed by atoms with van der Waals surface area (Å²) in [6.07, 6.45) is 2.15. The number of imidazole rings is 1. The Hall–Kier alpha value is -4.31. The molecule has 0 fully saturated rings. The number of aryl methyl sites for hydroxylation is 2. The van der Waals surface area contributed by atoms with Crippen LogP contribution < -0.4 is 9.30 Å². The number of hydrogen-bond donors (Lipinski definition) is 0. The zero-order valence-corrected chi connectivity index (χ0v) is 24.4. The topological polar surface area (TPSA) is 31.2 Å². The quantitative estimate of drug-likeness (QED) is 0.201. The van der Waals surface area contributed by atoms with Crippen molar-refractivity contribution in [2.45, 2.75) is 53.4 Å². The Morgan fingerprint density at radius 3 is 2.10 bits per heavy atom. The summed E-state index contributed by atoms with van der Waals surface area (Å²) in [6, 6.07) is 27.7. The normalized spacial score (nSPS) is 11.8. The van der Waals surface area contributed by atoms with Gasteiger partial charge in [-0.1, -0.05) is 88.4 Å². The molecule has 6 rings (SSSR count). The third kappa shape index (κ3) is 4.19. The fraction of sp³-hybridized carbons (Fsp3) is 0.250. The molecule has 2 heterocycles. The van der Waals surface area contributed by atoms with Gasteiger partial charge >= 0.3 is 5.88 Å². The fourth-order valence-electron chi connectivity index (χ4n) is 5.81. The Morgan fingerprint density at radius 1 is 0.725 bits per heavy atom. The minimum absolute atomic E-state index is 0.363. The smallest absolute Gasteiger partial charge is 0.330 e. The number of furan rings is 1. The van der Waals surface area contributed by atoms with E-state index in [1.54, 1.807) is 0 Å². The lowest BCUT2D eigenvalue weighted by Crippen LogP contribution is -2.31. The minimum Gasteiger partial charge on any atom is -0.452 e. The summed E-state index contributed by atoms with van der Waals surface area (Å²) in [5, 5.41) is 2.15. The van der Waals surface area contributed by atoms with E-state index in [2.05, 4.69) is 125 Å². The van der Waals surface area contributed by atoms with Gasteiger partial charge in [0.2, 0.25) is 0 Å². The molecule has 0 unspecified atom stereocenters. The highest BCUT2D eigenvalue weighted by Crippen LogP contribution is 2.40. The predicted octanol–water partition coefficient (Wildman–Crippen LogP) is 9.52. The summed E-state index contributed by atoms with van der Waals surface area (Å²) < 4.78 is 17.7. The van der Waals surface area contributed by atoms with E-state index < -0.39 is 0 Å². The third-order valence-corrected chi connectivity index (χ3v) is 7.99. The molecule has 2 aromatic heterocycles. The van der Waals surface area contributed by atoms with E-state index in [1.807, 2.05) is 18.2 Å². The summed E-state index contributed by atoms with van der Waals surface area (Å²) >= 11 is 0. The monoisotopic (exact) mass is 529 g/mol. The summed E-state index contributed by atoms with van der Waals surface area (Å²) in [5.74, 6) is 3.31. The first kappa shape index (κ1) is 25.9. The van der Waals surface area contributed by atoms with Crippen LogP contribution in [0, 0.1) is 13.8 Å². The average molecular weight is 530 g/mol. The van der Waals surface area contributed by atoms with Crippen molar-refractivity contribution in [1.29, 1.82) is 0 Å². The highest BCUT2D eigenvalue weighted by Gasteiger charge is 2.31. The van der Waals surface area contributed by atoms with Crippen molar-refractivity contribution in [3.05, 3.63) is 107 Å². The van der Waals surface area contributed by atoms with Crippen molar-refractivity contribution >= 4 is 21.9 Å². The number of rotatable bonds is 6. The Labute approximate surface area is 236 Å². The van der Waals surface area contributed by atoms with Gasteiger partial charge in [0.25, 0.3) is 5.82 Å². The van der Waals surface area contributed by atoms with E-state index >= 15 is 0 Å². The first-order valence-electron chi connectivity index (χ1n) is 14.2. The van der Waals surface area contributed by atoms with Gasteiger partial charge in [-0.05, 0) is 55.0 Å². The van der Waals surface area contributed by atoms with Crippen molar-refractivity contribution in [2.24, 2.45) is 7.05 Å². The van der Waals surface area contributed by atoms with E-state index in [9.17, 15) is 0 Å². The number of ether oxygens (including phenoxy) is 1. The van der Waals surface area contributed by atoms with Gasteiger partial charge in [0.15, 0.2) is 17.5 Å². The van der Waals surface area contributed by atoms with Crippen LogP contribution in [0.25, 0.3) is 39.0 Å². The molecule has 4 nitrogen and oxygen atoms in total. The maximum atomic E-state index is 6.84. The Kier molecular flexibility index (Phi) is 6.50. The molecule has 0 saturated heterocycles. The molecular formula is C36H37N2O2+. The van der Waals surface area contributed by atoms with Crippen LogP contribution in [0.5, 0.6) is 11.6 Å². The Balaban J connectivity index is 1.63. The molecule has 202 valence electrons. The highest BCUT2D eigenvalue weighted by atomic mass is 16.5. The lowest BCUT2D eigenvalue weighted by atomic mass is 9.92. The van der Waals surface area contributed by atoms with E-state index in [-0.39, 0.29) is 0 Å². The lowest BCUT2D eigenvalue weighted by Gasteiger charge is -2.17. The van der Waals surface area contributed by atoms with E-state index in [1.165, 1.54) is 27.9 Å². The molecule has 0 saturated carbocycles. The number of hydrogen-bond acceptors (Lipinski definition) is 2. The standard InChI is InChI=1S/C36H37N2O2/c1-22(2)26-16-12-17-27(23(3)4)33(26)38-21-32(37(7)36(38)28-14-9-8-13-24(28)5)40-34-25(6)19-20-30-29-15-10-11-18-31(29)39-35(30)34/h8-23H,1-7H3/q+1. The van der Waals surface area contributed by atoms with Gasteiger partial charge in [-0.15, -0.1) is 0 Å². The van der Waals surface area contributed by atoms with Gasteiger partial charge in [-0.2, -0.15) is 9.13 Å². The molecule has 40 heavy (non-hydrogen) atoms. The van der Waals surface area contributed by atoms with Crippen molar-refractivity contribution in [3.8, 4) is 28.7 Å². The maximum absolute atomic E-state index is 6.84. The molecule has 0 atom stereocenters. The molecule has 4 aromatic carbocycles. The zero-order valence-electron chi connectivity index (χ0n) is 24.4. The summed E-state index contributed by atoms with van der Waals surface area (Å²) in [4.78, 5) is 0. The second-order valence-corrected chi connectivity index (χ2v) is 11.4. The molecule has 6 aromatic rings. The van der Waals surface area contributed by atoms with Crippen LogP contribution in [0.4, 0.5) is 0 Å². The number of fused-ring (bicyclic) bond motifs is 3. The molecule has 0 spiro atoms. The van der Waals surface area contributed by atoms with Crippen LogP contribution in [0.15, 0.2) is 89.5 Å².